The molecular weight excluding hydrogens is 306 g/mol. The molecule has 1 aromatic heterocycles. The Morgan fingerprint density at radius 1 is 1.24 bits per heavy atom. The first-order chi connectivity index (χ1) is 9.81. The van der Waals surface area contributed by atoms with E-state index in [0.29, 0.717) is 0 Å². The molecule has 0 spiro atoms. The zero-order valence-corrected chi connectivity index (χ0v) is 14.2. The van der Waals surface area contributed by atoms with Crippen LogP contribution in [0.15, 0.2) is 24.3 Å². The van der Waals surface area contributed by atoms with Gasteiger partial charge >= 0.3 is 0 Å². The quantitative estimate of drug-likeness (QED) is 0.918. The van der Waals surface area contributed by atoms with E-state index in [-0.39, 0.29) is 6.54 Å². The lowest BCUT2D eigenvalue weighted by molar-refractivity contribution is 0.505. The van der Waals surface area contributed by atoms with Gasteiger partial charge < -0.3 is 0 Å². The topological polar surface area (TPSA) is 62.3 Å². The second-order valence-corrected chi connectivity index (χ2v) is 8.00. The van der Waals surface area contributed by atoms with E-state index in [1.807, 2.05) is 38.1 Å². The van der Waals surface area contributed by atoms with E-state index in [1.54, 1.807) is 0 Å². The molecule has 2 rings (SSSR count). The summed E-state index contributed by atoms with van der Waals surface area (Å²) in [6.45, 7) is 4.20. The molecule has 0 aliphatic carbocycles. The van der Waals surface area contributed by atoms with Crippen LogP contribution in [0.2, 0.25) is 0 Å². The fraction of sp³-hybridized carbons (Fsp3) is 0.357. The van der Waals surface area contributed by atoms with Crippen molar-refractivity contribution in [3.05, 3.63) is 40.4 Å². The average Bonchev–Trinajstić information content (AvgIpc) is 2.78. The van der Waals surface area contributed by atoms with Crippen LogP contribution in [0.3, 0.4) is 0 Å². The molecule has 5 nitrogen and oxygen atoms in total. The predicted octanol–water partition coefficient (Wildman–Crippen LogP) is 2.32. The van der Waals surface area contributed by atoms with Gasteiger partial charge in [0.25, 0.3) is 10.2 Å². The van der Waals surface area contributed by atoms with Gasteiger partial charge in [0.1, 0.15) is 5.01 Å². The van der Waals surface area contributed by atoms with Crippen LogP contribution in [0.5, 0.6) is 0 Å². The van der Waals surface area contributed by atoms with Gasteiger partial charge in [0.15, 0.2) is 0 Å². The maximum Gasteiger partial charge on any atom is 0.279 e. The molecule has 1 N–H and O–H groups in total. The van der Waals surface area contributed by atoms with E-state index in [1.165, 1.54) is 25.4 Å². The number of rotatable bonds is 5. The van der Waals surface area contributed by atoms with Crippen molar-refractivity contribution in [2.75, 3.05) is 14.1 Å². The van der Waals surface area contributed by atoms with Gasteiger partial charge in [-0.05, 0) is 19.4 Å². The maximum atomic E-state index is 11.7. The molecule has 1 aromatic carbocycles. The first-order valence-electron chi connectivity index (χ1n) is 6.50. The number of aryl methyl sites for hydroxylation is 2. The standard InChI is InChI=1S/C14H19N3O2S2/c1-10-7-5-6-8-12(10)14-16-11(2)13(20-14)9-15-21(18,19)17(3)4/h5-8,15H,9H2,1-4H3. The summed E-state index contributed by atoms with van der Waals surface area (Å²) in [5, 5.41) is 0.921. The van der Waals surface area contributed by atoms with Gasteiger partial charge in [-0.3, -0.25) is 0 Å². The number of nitrogens with zero attached hydrogens (tertiary/aromatic N) is 2. The van der Waals surface area contributed by atoms with Crippen molar-refractivity contribution < 1.29 is 8.42 Å². The zero-order valence-electron chi connectivity index (χ0n) is 12.5. The minimum absolute atomic E-state index is 0.260. The summed E-state index contributed by atoms with van der Waals surface area (Å²) in [5.41, 5.74) is 3.11. The van der Waals surface area contributed by atoms with Gasteiger partial charge in [-0.1, -0.05) is 24.3 Å². The minimum Gasteiger partial charge on any atom is -0.241 e. The molecule has 0 saturated heterocycles. The average molecular weight is 325 g/mol. The molecule has 21 heavy (non-hydrogen) atoms. The Labute approximate surface area is 129 Å². The van der Waals surface area contributed by atoms with Crippen molar-refractivity contribution in [1.82, 2.24) is 14.0 Å². The lowest BCUT2D eigenvalue weighted by Gasteiger charge is -2.11. The van der Waals surface area contributed by atoms with Gasteiger partial charge in [0, 0.05) is 31.1 Å². The van der Waals surface area contributed by atoms with Crippen molar-refractivity contribution in [2.45, 2.75) is 20.4 Å². The van der Waals surface area contributed by atoms with Crippen LogP contribution >= 0.6 is 11.3 Å². The highest BCUT2D eigenvalue weighted by molar-refractivity contribution is 7.87. The lowest BCUT2D eigenvalue weighted by Crippen LogP contribution is -2.35. The summed E-state index contributed by atoms with van der Waals surface area (Å²) in [7, 11) is -0.413. The molecule has 0 unspecified atom stereocenters. The maximum absolute atomic E-state index is 11.7. The van der Waals surface area contributed by atoms with Crippen LogP contribution in [0.25, 0.3) is 10.6 Å². The zero-order chi connectivity index (χ0) is 15.6. The van der Waals surface area contributed by atoms with Crippen LogP contribution in [0, 0.1) is 13.8 Å². The van der Waals surface area contributed by atoms with Crippen LogP contribution < -0.4 is 4.72 Å². The highest BCUT2D eigenvalue weighted by atomic mass is 32.2. The van der Waals surface area contributed by atoms with Crippen LogP contribution in [0.1, 0.15) is 16.1 Å². The van der Waals surface area contributed by atoms with E-state index in [0.717, 1.165) is 31.0 Å². The molecule has 114 valence electrons. The van der Waals surface area contributed by atoms with Crippen LogP contribution in [-0.2, 0) is 16.8 Å². The third kappa shape index (κ3) is 3.68. The van der Waals surface area contributed by atoms with Crippen molar-refractivity contribution in [1.29, 1.82) is 0 Å². The van der Waals surface area contributed by atoms with E-state index in [2.05, 4.69) is 9.71 Å². The molecule has 2 aromatic rings. The molecule has 0 saturated carbocycles. The summed E-state index contributed by atoms with van der Waals surface area (Å²) < 4.78 is 27.2. The molecular formula is C14H19N3O2S2. The first kappa shape index (κ1) is 16.1. The Kier molecular flexibility index (Phi) is 4.77. The number of thiazole rings is 1. The third-order valence-corrected chi connectivity index (χ3v) is 5.83. The molecule has 0 aliphatic rings. The van der Waals surface area contributed by atoms with E-state index in [4.69, 9.17) is 0 Å². The fourth-order valence-corrected chi connectivity index (χ4v) is 3.57. The smallest absolute Gasteiger partial charge is 0.241 e. The van der Waals surface area contributed by atoms with Crippen LogP contribution in [0.4, 0.5) is 0 Å². The number of nitrogens with one attached hydrogen (secondary N) is 1. The van der Waals surface area contributed by atoms with Crippen molar-refractivity contribution in [3.63, 3.8) is 0 Å². The number of hydrogen-bond acceptors (Lipinski definition) is 4. The van der Waals surface area contributed by atoms with E-state index >= 15 is 0 Å². The number of aromatic nitrogens is 1. The van der Waals surface area contributed by atoms with Gasteiger partial charge in [-0.2, -0.15) is 17.4 Å². The Bertz CT molecular complexity index is 736. The summed E-state index contributed by atoms with van der Waals surface area (Å²) in [5.74, 6) is 0. The van der Waals surface area contributed by atoms with Crippen molar-refractivity contribution in [2.24, 2.45) is 0 Å². The second-order valence-electron chi connectivity index (χ2n) is 4.95. The molecule has 7 heteroatoms. The third-order valence-electron chi connectivity index (χ3n) is 3.16. The second kappa shape index (κ2) is 6.23. The normalized spacial score (nSPS) is 12.0. The van der Waals surface area contributed by atoms with E-state index < -0.39 is 10.2 Å². The van der Waals surface area contributed by atoms with Gasteiger partial charge in [-0.25, -0.2) is 4.98 Å². The highest BCUT2D eigenvalue weighted by Crippen LogP contribution is 2.30. The van der Waals surface area contributed by atoms with Crippen molar-refractivity contribution in [3.8, 4) is 10.6 Å². The first-order valence-corrected chi connectivity index (χ1v) is 8.76. The lowest BCUT2D eigenvalue weighted by atomic mass is 10.1. The molecule has 0 atom stereocenters. The van der Waals surface area contributed by atoms with E-state index in [9.17, 15) is 8.42 Å². The summed E-state index contributed by atoms with van der Waals surface area (Å²) in [4.78, 5) is 5.49. The Morgan fingerprint density at radius 3 is 2.52 bits per heavy atom. The van der Waals surface area contributed by atoms with Gasteiger partial charge in [0.2, 0.25) is 0 Å². The SMILES string of the molecule is Cc1ccccc1-c1nc(C)c(CNS(=O)(=O)N(C)C)s1. The molecule has 0 bridgehead atoms. The number of hydrogen-bond donors (Lipinski definition) is 1. The fourth-order valence-electron chi connectivity index (χ4n) is 1.81. The molecule has 1 heterocycles. The van der Waals surface area contributed by atoms with Gasteiger partial charge in [0.05, 0.1) is 5.69 Å². The van der Waals surface area contributed by atoms with Crippen LogP contribution in [-0.4, -0.2) is 31.8 Å². The largest absolute Gasteiger partial charge is 0.279 e. The Morgan fingerprint density at radius 2 is 1.90 bits per heavy atom. The predicted molar refractivity (Wildman–Crippen MR) is 86.5 cm³/mol. The molecule has 0 fully saturated rings. The monoisotopic (exact) mass is 325 g/mol. The molecule has 0 radical (unpaired) electrons. The summed E-state index contributed by atoms with van der Waals surface area (Å²) >= 11 is 1.52. The Balaban J connectivity index is 2.23. The summed E-state index contributed by atoms with van der Waals surface area (Å²) in [6, 6.07) is 8.04. The summed E-state index contributed by atoms with van der Waals surface area (Å²) in [6.07, 6.45) is 0. The minimum atomic E-state index is -3.41. The highest BCUT2D eigenvalue weighted by Gasteiger charge is 2.16. The van der Waals surface area contributed by atoms with Gasteiger partial charge in [-0.15, -0.1) is 11.3 Å². The Hall–Kier alpha value is -1.28. The molecule has 0 amide bonds. The number of benzene rings is 1. The molecule has 0 aliphatic heterocycles. The van der Waals surface area contributed by atoms with Crippen molar-refractivity contribution >= 4 is 21.5 Å².